The average Bonchev–Trinajstić information content (AvgIpc) is 2.43. The summed E-state index contributed by atoms with van der Waals surface area (Å²) in [5.41, 5.74) is 2.01. The number of hydrogen-bond donors (Lipinski definition) is 1. The van der Waals surface area contributed by atoms with Crippen LogP contribution in [0.1, 0.15) is 18.1 Å². The number of benzene rings is 2. The van der Waals surface area contributed by atoms with Crippen molar-refractivity contribution in [1.82, 2.24) is 5.32 Å². The molecule has 4 heteroatoms. The summed E-state index contributed by atoms with van der Waals surface area (Å²) in [6.07, 6.45) is 0.801. The second-order valence-corrected chi connectivity index (χ2v) is 5.27. The maximum Gasteiger partial charge on any atom is 0.141 e. The molecule has 2 aromatic carbocycles. The lowest BCUT2D eigenvalue weighted by Gasteiger charge is -2.14. The van der Waals surface area contributed by atoms with Crippen molar-refractivity contribution in [3.8, 4) is 0 Å². The number of nitrogens with one attached hydrogen (secondary N) is 1. The molecular weight excluding hydrogens is 280 g/mol. The van der Waals surface area contributed by atoms with Crippen LogP contribution >= 0.6 is 11.6 Å². The molecule has 2 aromatic rings. The molecule has 0 aromatic heterocycles. The fourth-order valence-corrected chi connectivity index (χ4v) is 2.19. The van der Waals surface area contributed by atoms with E-state index in [2.05, 4.69) is 12.2 Å². The molecule has 0 aliphatic carbocycles. The fourth-order valence-electron chi connectivity index (χ4n) is 1.99. The van der Waals surface area contributed by atoms with Crippen molar-refractivity contribution < 1.29 is 8.78 Å². The first-order valence-corrected chi connectivity index (χ1v) is 6.84. The largest absolute Gasteiger partial charge is 0.310 e. The van der Waals surface area contributed by atoms with E-state index in [-0.39, 0.29) is 16.9 Å². The second kappa shape index (κ2) is 6.82. The number of rotatable bonds is 5. The Morgan fingerprint density at radius 1 is 1.05 bits per heavy atom. The standard InChI is InChI=1S/C16H16ClF2N/c1-11(8-12-2-5-14(18)6-3-12)20-10-13-4-7-16(19)15(17)9-13/h2-7,9,11,20H,8,10H2,1H3. The van der Waals surface area contributed by atoms with Crippen LogP contribution in [0, 0.1) is 11.6 Å². The zero-order valence-electron chi connectivity index (χ0n) is 11.2. The Bertz CT molecular complexity index is 569. The molecule has 0 saturated carbocycles. The minimum Gasteiger partial charge on any atom is -0.310 e. The lowest BCUT2D eigenvalue weighted by atomic mass is 10.1. The molecule has 1 unspecified atom stereocenters. The van der Waals surface area contributed by atoms with Crippen molar-refractivity contribution in [2.45, 2.75) is 25.9 Å². The Hall–Kier alpha value is -1.45. The first-order chi connectivity index (χ1) is 9.54. The van der Waals surface area contributed by atoms with Crippen LogP contribution in [-0.4, -0.2) is 6.04 Å². The Morgan fingerprint density at radius 2 is 1.70 bits per heavy atom. The molecule has 106 valence electrons. The minimum atomic E-state index is -0.408. The van der Waals surface area contributed by atoms with E-state index in [1.165, 1.54) is 18.2 Å². The summed E-state index contributed by atoms with van der Waals surface area (Å²) in [7, 11) is 0. The zero-order valence-corrected chi connectivity index (χ0v) is 11.9. The summed E-state index contributed by atoms with van der Waals surface area (Å²) < 4.78 is 25.8. The van der Waals surface area contributed by atoms with Crippen LogP contribution in [0.15, 0.2) is 42.5 Å². The van der Waals surface area contributed by atoms with Crippen molar-refractivity contribution in [2.24, 2.45) is 0 Å². The van der Waals surface area contributed by atoms with E-state index < -0.39 is 5.82 Å². The number of halogens is 3. The molecule has 20 heavy (non-hydrogen) atoms. The molecule has 1 nitrogen and oxygen atoms in total. The van der Waals surface area contributed by atoms with Gasteiger partial charge in [-0.25, -0.2) is 8.78 Å². The van der Waals surface area contributed by atoms with Crippen molar-refractivity contribution >= 4 is 11.6 Å². The van der Waals surface area contributed by atoms with Gasteiger partial charge < -0.3 is 5.32 Å². The molecule has 0 spiro atoms. The van der Waals surface area contributed by atoms with Crippen LogP contribution in [0.2, 0.25) is 5.02 Å². The van der Waals surface area contributed by atoms with Gasteiger partial charge in [-0.05, 0) is 48.7 Å². The lowest BCUT2D eigenvalue weighted by Crippen LogP contribution is -2.27. The smallest absolute Gasteiger partial charge is 0.141 e. The molecule has 0 saturated heterocycles. The predicted molar refractivity (Wildman–Crippen MR) is 77.8 cm³/mol. The third kappa shape index (κ3) is 4.29. The summed E-state index contributed by atoms with van der Waals surface area (Å²) in [4.78, 5) is 0. The Labute approximate surface area is 122 Å². The van der Waals surface area contributed by atoms with Crippen LogP contribution in [0.4, 0.5) is 8.78 Å². The molecule has 1 atom stereocenters. The van der Waals surface area contributed by atoms with E-state index in [0.29, 0.717) is 6.54 Å². The fraction of sp³-hybridized carbons (Fsp3) is 0.250. The molecule has 0 amide bonds. The van der Waals surface area contributed by atoms with Gasteiger partial charge in [0, 0.05) is 12.6 Å². The predicted octanol–water partition coefficient (Wildman–Crippen LogP) is 4.34. The van der Waals surface area contributed by atoms with Gasteiger partial charge in [0.25, 0.3) is 0 Å². The number of hydrogen-bond acceptors (Lipinski definition) is 1. The molecule has 0 heterocycles. The highest BCUT2D eigenvalue weighted by atomic mass is 35.5. The minimum absolute atomic E-state index is 0.135. The average molecular weight is 296 g/mol. The van der Waals surface area contributed by atoms with Gasteiger partial charge in [-0.1, -0.05) is 29.8 Å². The molecule has 0 bridgehead atoms. The normalized spacial score (nSPS) is 12.4. The second-order valence-electron chi connectivity index (χ2n) is 4.86. The van der Waals surface area contributed by atoms with E-state index in [9.17, 15) is 8.78 Å². The molecule has 2 rings (SSSR count). The SMILES string of the molecule is CC(Cc1ccc(F)cc1)NCc1ccc(F)c(Cl)c1. The van der Waals surface area contributed by atoms with Gasteiger partial charge in [0.15, 0.2) is 0 Å². The monoisotopic (exact) mass is 295 g/mol. The third-order valence-corrected chi connectivity index (χ3v) is 3.38. The molecule has 0 aliphatic rings. The quantitative estimate of drug-likeness (QED) is 0.865. The Morgan fingerprint density at radius 3 is 2.35 bits per heavy atom. The first kappa shape index (κ1) is 14.9. The highest BCUT2D eigenvalue weighted by molar-refractivity contribution is 6.30. The molecule has 0 fully saturated rings. The van der Waals surface area contributed by atoms with E-state index in [1.54, 1.807) is 24.3 Å². The van der Waals surface area contributed by atoms with Gasteiger partial charge >= 0.3 is 0 Å². The molecular formula is C16H16ClF2N. The van der Waals surface area contributed by atoms with E-state index in [1.807, 2.05) is 0 Å². The van der Waals surface area contributed by atoms with Crippen molar-refractivity contribution in [3.63, 3.8) is 0 Å². The molecule has 1 N–H and O–H groups in total. The molecule has 0 radical (unpaired) electrons. The summed E-state index contributed by atoms with van der Waals surface area (Å²) in [6.45, 7) is 2.66. The Balaban J connectivity index is 1.86. The summed E-state index contributed by atoms with van der Waals surface area (Å²) >= 11 is 5.74. The summed E-state index contributed by atoms with van der Waals surface area (Å²) in [5.74, 6) is -0.634. The highest BCUT2D eigenvalue weighted by Gasteiger charge is 2.05. The van der Waals surface area contributed by atoms with Gasteiger partial charge in [-0.2, -0.15) is 0 Å². The highest BCUT2D eigenvalue weighted by Crippen LogP contribution is 2.16. The van der Waals surface area contributed by atoms with Gasteiger partial charge in [0.2, 0.25) is 0 Å². The summed E-state index contributed by atoms with van der Waals surface area (Å²) in [5, 5.41) is 3.47. The van der Waals surface area contributed by atoms with Gasteiger partial charge in [-0.3, -0.25) is 0 Å². The van der Waals surface area contributed by atoms with Crippen molar-refractivity contribution in [3.05, 3.63) is 70.2 Å². The van der Waals surface area contributed by atoms with Gasteiger partial charge in [0.1, 0.15) is 11.6 Å². The zero-order chi connectivity index (χ0) is 14.5. The summed E-state index contributed by atoms with van der Waals surface area (Å²) in [6, 6.07) is 11.4. The van der Waals surface area contributed by atoms with Crippen LogP contribution < -0.4 is 5.32 Å². The maximum absolute atomic E-state index is 13.0. The maximum atomic E-state index is 13.0. The van der Waals surface area contributed by atoms with Crippen LogP contribution in [0.25, 0.3) is 0 Å². The first-order valence-electron chi connectivity index (χ1n) is 6.46. The van der Waals surface area contributed by atoms with Crippen molar-refractivity contribution in [2.75, 3.05) is 0 Å². The van der Waals surface area contributed by atoms with E-state index in [0.717, 1.165) is 17.5 Å². The van der Waals surface area contributed by atoms with Gasteiger partial charge in [0.05, 0.1) is 5.02 Å². The third-order valence-electron chi connectivity index (χ3n) is 3.09. The van der Waals surface area contributed by atoms with Crippen LogP contribution in [-0.2, 0) is 13.0 Å². The van der Waals surface area contributed by atoms with Gasteiger partial charge in [-0.15, -0.1) is 0 Å². The van der Waals surface area contributed by atoms with E-state index >= 15 is 0 Å². The molecule has 0 aliphatic heterocycles. The van der Waals surface area contributed by atoms with E-state index in [4.69, 9.17) is 11.6 Å². The lowest BCUT2D eigenvalue weighted by molar-refractivity contribution is 0.543. The van der Waals surface area contributed by atoms with Crippen LogP contribution in [0.5, 0.6) is 0 Å². The van der Waals surface area contributed by atoms with Crippen molar-refractivity contribution in [1.29, 1.82) is 0 Å². The topological polar surface area (TPSA) is 12.0 Å². The van der Waals surface area contributed by atoms with Crippen LogP contribution in [0.3, 0.4) is 0 Å². The Kier molecular flexibility index (Phi) is 5.10.